The molecule has 3 heteroatoms. The number of rotatable bonds is 0. The molecular weight excluding hydrogens is 90.1 g/mol. The highest BCUT2D eigenvalue weighted by Crippen LogP contribution is 1.95. The molecule has 0 fully saturated rings. The molecule has 0 atom stereocenters. The molecule has 0 saturated carbocycles. The molecule has 0 aromatic carbocycles. The lowest BCUT2D eigenvalue weighted by molar-refractivity contribution is 0.768. The van der Waals surface area contributed by atoms with E-state index in [4.69, 9.17) is 5.73 Å². The van der Waals surface area contributed by atoms with Crippen molar-refractivity contribution in [3.63, 3.8) is 0 Å². The number of aryl methyl sites for hydroxylation is 1. The monoisotopic (exact) mass is 96.1 g/mol. The maximum atomic E-state index is 6.93. The van der Waals surface area contributed by atoms with E-state index in [0.717, 1.165) is 0 Å². The van der Waals surface area contributed by atoms with Crippen LogP contribution in [-0.2, 0) is 7.05 Å². The predicted molar refractivity (Wildman–Crippen MR) is 26.0 cm³/mol. The van der Waals surface area contributed by atoms with E-state index >= 15 is 0 Å². The summed E-state index contributed by atoms with van der Waals surface area (Å²) in [5.74, 6) is 0. The molecular formula is C4H6N3. The first-order chi connectivity index (χ1) is 3.29. The van der Waals surface area contributed by atoms with Gasteiger partial charge in [-0.3, -0.25) is 10.4 Å². The normalized spacial score (nSPS) is 9.29. The van der Waals surface area contributed by atoms with E-state index in [1.807, 2.05) is 0 Å². The summed E-state index contributed by atoms with van der Waals surface area (Å²) in [7, 11) is 1.79. The molecule has 1 heterocycles. The fraction of sp³-hybridized carbons (Fsp3) is 0.250. The topological polar surface area (TPSA) is 41.6 Å². The van der Waals surface area contributed by atoms with Crippen molar-refractivity contribution in [2.24, 2.45) is 7.05 Å². The van der Waals surface area contributed by atoms with E-state index in [2.05, 4.69) is 5.10 Å². The fourth-order valence-corrected chi connectivity index (χ4v) is 0.421. The lowest BCUT2D eigenvalue weighted by Gasteiger charge is -1.78. The minimum Gasteiger partial charge on any atom is -0.298 e. The van der Waals surface area contributed by atoms with Gasteiger partial charge in [0.1, 0.15) is 0 Å². The van der Waals surface area contributed by atoms with Crippen LogP contribution in [0.3, 0.4) is 0 Å². The standard InChI is InChI=1S/C4H6N3/c1-7-3-4(5)2-6-7/h2-3,5H,1H3. The summed E-state index contributed by atoms with van der Waals surface area (Å²) in [5.41, 5.74) is 7.39. The van der Waals surface area contributed by atoms with Crippen LogP contribution in [0.1, 0.15) is 0 Å². The SMILES string of the molecule is Cn1cc([NH])cn1. The van der Waals surface area contributed by atoms with Crippen molar-refractivity contribution in [1.29, 1.82) is 0 Å². The van der Waals surface area contributed by atoms with Crippen molar-refractivity contribution in [3.05, 3.63) is 12.4 Å². The molecule has 1 radical (unpaired) electrons. The Hall–Kier alpha value is -0.990. The Morgan fingerprint density at radius 2 is 2.57 bits per heavy atom. The Balaban J connectivity index is 3.04. The Kier molecular flexibility index (Phi) is 0.749. The molecule has 0 saturated heterocycles. The maximum absolute atomic E-state index is 6.93. The van der Waals surface area contributed by atoms with E-state index < -0.39 is 0 Å². The molecule has 0 aliphatic rings. The van der Waals surface area contributed by atoms with Crippen LogP contribution in [-0.4, -0.2) is 9.78 Å². The van der Waals surface area contributed by atoms with E-state index in [-0.39, 0.29) is 0 Å². The van der Waals surface area contributed by atoms with Crippen molar-refractivity contribution in [3.8, 4) is 0 Å². The Bertz CT molecular complexity index is 139. The second-order valence-electron chi connectivity index (χ2n) is 1.40. The van der Waals surface area contributed by atoms with E-state index in [1.54, 1.807) is 17.9 Å². The van der Waals surface area contributed by atoms with E-state index in [0.29, 0.717) is 5.69 Å². The molecule has 0 spiro atoms. The van der Waals surface area contributed by atoms with Gasteiger partial charge in [-0.15, -0.1) is 0 Å². The molecule has 0 aliphatic carbocycles. The largest absolute Gasteiger partial charge is 0.298 e. The minimum atomic E-state index is 0.461. The van der Waals surface area contributed by atoms with Crippen LogP contribution in [0.2, 0.25) is 0 Å². The summed E-state index contributed by atoms with van der Waals surface area (Å²) < 4.78 is 1.60. The summed E-state index contributed by atoms with van der Waals surface area (Å²) in [5, 5.41) is 3.75. The third-order valence-corrected chi connectivity index (χ3v) is 0.705. The zero-order valence-corrected chi connectivity index (χ0v) is 4.05. The summed E-state index contributed by atoms with van der Waals surface area (Å²) in [4.78, 5) is 0. The first kappa shape index (κ1) is 4.18. The van der Waals surface area contributed by atoms with Crippen LogP contribution in [0, 0.1) is 0 Å². The average molecular weight is 96.1 g/mol. The summed E-state index contributed by atoms with van der Waals surface area (Å²) in [6.07, 6.45) is 3.14. The molecule has 7 heavy (non-hydrogen) atoms. The summed E-state index contributed by atoms with van der Waals surface area (Å²) in [6.45, 7) is 0. The third kappa shape index (κ3) is 0.707. The maximum Gasteiger partial charge on any atom is 0.0919 e. The smallest absolute Gasteiger partial charge is 0.0919 e. The quantitative estimate of drug-likeness (QED) is 0.459. The molecule has 3 nitrogen and oxygen atoms in total. The fourth-order valence-electron chi connectivity index (χ4n) is 0.421. The van der Waals surface area contributed by atoms with Gasteiger partial charge >= 0.3 is 0 Å². The van der Waals surface area contributed by atoms with Crippen molar-refractivity contribution in [2.45, 2.75) is 0 Å². The number of hydrogen-bond acceptors (Lipinski definition) is 1. The molecule has 0 unspecified atom stereocenters. The Morgan fingerprint density at radius 3 is 2.71 bits per heavy atom. The number of hydrogen-bond donors (Lipinski definition) is 0. The summed E-state index contributed by atoms with van der Waals surface area (Å²) >= 11 is 0. The minimum absolute atomic E-state index is 0.461. The average Bonchev–Trinajstić information content (AvgIpc) is 1.87. The third-order valence-electron chi connectivity index (χ3n) is 0.705. The molecule has 1 aromatic heterocycles. The van der Waals surface area contributed by atoms with Crippen LogP contribution in [0.5, 0.6) is 0 Å². The Morgan fingerprint density at radius 1 is 1.86 bits per heavy atom. The number of nitrogens with zero attached hydrogens (tertiary/aromatic N) is 2. The van der Waals surface area contributed by atoms with Crippen molar-refractivity contribution < 1.29 is 0 Å². The number of nitrogens with one attached hydrogen (secondary N) is 1. The van der Waals surface area contributed by atoms with E-state index in [1.165, 1.54) is 6.20 Å². The van der Waals surface area contributed by atoms with Gasteiger partial charge in [-0.2, -0.15) is 5.10 Å². The van der Waals surface area contributed by atoms with Gasteiger partial charge in [0.25, 0.3) is 0 Å². The zero-order valence-electron chi connectivity index (χ0n) is 4.05. The second-order valence-corrected chi connectivity index (χ2v) is 1.40. The molecule has 1 aromatic rings. The molecule has 0 aliphatic heterocycles. The molecule has 1 N–H and O–H groups in total. The predicted octanol–water partition coefficient (Wildman–Crippen LogP) is 0.334. The summed E-state index contributed by atoms with van der Waals surface area (Å²) in [6, 6.07) is 0. The molecule has 0 bridgehead atoms. The van der Waals surface area contributed by atoms with Crippen molar-refractivity contribution in [1.82, 2.24) is 15.5 Å². The van der Waals surface area contributed by atoms with Gasteiger partial charge in [-0.25, -0.2) is 0 Å². The first-order valence-electron chi connectivity index (χ1n) is 1.99. The van der Waals surface area contributed by atoms with Crippen LogP contribution in [0.25, 0.3) is 0 Å². The molecule has 37 valence electrons. The van der Waals surface area contributed by atoms with Crippen LogP contribution >= 0.6 is 0 Å². The highest BCUT2D eigenvalue weighted by atomic mass is 15.2. The first-order valence-corrected chi connectivity index (χ1v) is 1.99. The van der Waals surface area contributed by atoms with Gasteiger partial charge in [-0.1, -0.05) is 0 Å². The zero-order chi connectivity index (χ0) is 5.28. The van der Waals surface area contributed by atoms with Gasteiger partial charge in [0.2, 0.25) is 0 Å². The highest BCUT2D eigenvalue weighted by Gasteiger charge is 1.83. The van der Waals surface area contributed by atoms with E-state index in [9.17, 15) is 0 Å². The second kappa shape index (κ2) is 1.26. The Labute approximate surface area is 41.7 Å². The van der Waals surface area contributed by atoms with Gasteiger partial charge < -0.3 is 0 Å². The van der Waals surface area contributed by atoms with Crippen LogP contribution in [0.4, 0.5) is 5.69 Å². The van der Waals surface area contributed by atoms with Crippen molar-refractivity contribution >= 4 is 5.69 Å². The molecule has 1 rings (SSSR count). The highest BCUT2D eigenvalue weighted by molar-refractivity contribution is 5.24. The van der Waals surface area contributed by atoms with Gasteiger partial charge in [0, 0.05) is 13.2 Å². The van der Waals surface area contributed by atoms with Gasteiger partial charge in [-0.05, 0) is 0 Å². The van der Waals surface area contributed by atoms with Gasteiger partial charge in [0.15, 0.2) is 0 Å². The van der Waals surface area contributed by atoms with Crippen LogP contribution in [0.15, 0.2) is 12.4 Å². The lowest BCUT2D eigenvalue weighted by atomic mass is 10.6. The van der Waals surface area contributed by atoms with Crippen LogP contribution < -0.4 is 5.73 Å². The lowest BCUT2D eigenvalue weighted by Crippen LogP contribution is -1.83. The van der Waals surface area contributed by atoms with Crippen molar-refractivity contribution in [2.75, 3.05) is 0 Å². The molecule has 0 amide bonds. The van der Waals surface area contributed by atoms with Gasteiger partial charge in [0.05, 0.1) is 11.9 Å². The number of aromatic nitrogens is 2.